The first kappa shape index (κ1) is 14.8. The average Bonchev–Trinajstić information content (AvgIpc) is 3.02. The molecule has 20 heavy (non-hydrogen) atoms. The number of amides is 1. The summed E-state index contributed by atoms with van der Waals surface area (Å²) in [7, 11) is 2.08. The molecule has 2 rings (SSSR count). The highest BCUT2D eigenvalue weighted by atomic mass is 16.2. The zero-order valence-electron chi connectivity index (χ0n) is 12.6. The quantitative estimate of drug-likeness (QED) is 0.882. The van der Waals surface area contributed by atoms with Gasteiger partial charge in [-0.05, 0) is 38.9 Å². The standard InChI is InChI=1S/C15H24N4O/c1-4-19(5-2)15(20)14-10-12(7-9-17-14)18(3)13-6-8-16-11-13/h7,9-10,13,16H,4-6,8,11H2,1-3H3. The predicted octanol–water partition coefficient (Wildman–Crippen LogP) is 1.36. The topological polar surface area (TPSA) is 48.5 Å². The number of rotatable bonds is 5. The van der Waals surface area contributed by atoms with E-state index in [-0.39, 0.29) is 5.91 Å². The second kappa shape index (κ2) is 6.70. The first-order chi connectivity index (χ1) is 9.67. The van der Waals surface area contributed by atoms with Crippen molar-refractivity contribution in [2.75, 3.05) is 38.1 Å². The van der Waals surface area contributed by atoms with Crippen molar-refractivity contribution in [1.29, 1.82) is 0 Å². The van der Waals surface area contributed by atoms with Gasteiger partial charge < -0.3 is 15.1 Å². The fourth-order valence-corrected chi connectivity index (χ4v) is 2.61. The minimum absolute atomic E-state index is 0.00907. The second-order valence-electron chi connectivity index (χ2n) is 5.13. The molecule has 1 atom stereocenters. The number of anilines is 1. The number of likely N-dealkylation sites (N-methyl/N-ethyl adjacent to an activating group) is 1. The van der Waals surface area contributed by atoms with E-state index in [9.17, 15) is 4.79 Å². The maximum atomic E-state index is 12.3. The lowest BCUT2D eigenvalue weighted by atomic mass is 10.2. The van der Waals surface area contributed by atoms with Crippen molar-refractivity contribution >= 4 is 11.6 Å². The van der Waals surface area contributed by atoms with E-state index >= 15 is 0 Å². The van der Waals surface area contributed by atoms with Gasteiger partial charge in [0.25, 0.3) is 5.91 Å². The van der Waals surface area contributed by atoms with Crippen molar-refractivity contribution in [1.82, 2.24) is 15.2 Å². The minimum atomic E-state index is 0.00907. The van der Waals surface area contributed by atoms with Crippen LogP contribution >= 0.6 is 0 Å². The van der Waals surface area contributed by atoms with Crippen LogP contribution in [0.5, 0.6) is 0 Å². The monoisotopic (exact) mass is 276 g/mol. The van der Waals surface area contributed by atoms with Crippen LogP contribution in [0.4, 0.5) is 5.69 Å². The Morgan fingerprint density at radius 1 is 1.45 bits per heavy atom. The van der Waals surface area contributed by atoms with Crippen molar-refractivity contribution in [3.8, 4) is 0 Å². The van der Waals surface area contributed by atoms with Gasteiger partial charge in [0.1, 0.15) is 5.69 Å². The van der Waals surface area contributed by atoms with Gasteiger partial charge in [-0.1, -0.05) is 0 Å². The number of carbonyl (C=O) groups is 1. The highest BCUT2D eigenvalue weighted by molar-refractivity contribution is 5.93. The van der Waals surface area contributed by atoms with Crippen LogP contribution in [-0.4, -0.2) is 55.1 Å². The van der Waals surface area contributed by atoms with Crippen molar-refractivity contribution in [3.63, 3.8) is 0 Å². The highest BCUT2D eigenvalue weighted by Crippen LogP contribution is 2.19. The van der Waals surface area contributed by atoms with Crippen molar-refractivity contribution in [2.45, 2.75) is 26.3 Å². The Kier molecular flexibility index (Phi) is 4.95. The molecule has 5 nitrogen and oxygen atoms in total. The molecule has 0 bridgehead atoms. The van der Waals surface area contributed by atoms with E-state index in [1.54, 1.807) is 11.1 Å². The predicted molar refractivity (Wildman–Crippen MR) is 81.2 cm³/mol. The zero-order valence-corrected chi connectivity index (χ0v) is 12.6. The number of hydrogen-bond acceptors (Lipinski definition) is 4. The van der Waals surface area contributed by atoms with Crippen molar-refractivity contribution in [2.24, 2.45) is 0 Å². The van der Waals surface area contributed by atoms with Crippen LogP contribution in [0.3, 0.4) is 0 Å². The lowest BCUT2D eigenvalue weighted by Crippen LogP contribution is -2.34. The van der Waals surface area contributed by atoms with Crippen LogP contribution in [0.25, 0.3) is 0 Å². The maximum absolute atomic E-state index is 12.3. The Labute approximate surface area is 121 Å². The molecule has 1 aromatic rings. The van der Waals surface area contributed by atoms with E-state index in [4.69, 9.17) is 0 Å². The molecular formula is C15H24N4O. The normalized spacial score (nSPS) is 18.1. The Hall–Kier alpha value is -1.62. The lowest BCUT2D eigenvalue weighted by molar-refractivity contribution is 0.0767. The molecule has 1 saturated heterocycles. The average molecular weight is 276 g/mol. The van der Waals surface area contributed by atoms with Crippen LogP contribution in [0.2, 0.25) is 0 Å². The third-order valence-corrected chi connectivity index (χ3v) is 4.00. The van der Waals surface area contributed by atoms with Crippen molar-refractivity contribution < 1.29 is 4.79 Å². The third-order valence-electron chi connectivity index (χ3n) is 4.00. The summed E-state index contributed by atoms with van der Waals surface area (Å²) in [6.45, 7) is 7.46. The number of aromatic nitrogens is 1. The summed E-state index contributed by atoms with van der Waals surface area (Å²) in [6.07, 6.45) is 2.86. The number of nitrogens with one attached hydrogen (secondary N) is 1. The van der Waals surface area contributed by atoms with Crippen LogP contribution in [0.1, 0.15) is 30.8 Å². The highest BCUT2D eigenvalue weighted by Gasteiger charge is 2.21. The van der Waals surface area contributed by atoms with Gasteiger partial charge in [0.05, 0.1) is 0 Å². The van der Waals surface area contributed by atoms with Gasteiger partial charge in [-0.3, -0.25) is 9.78 Å². The van der Waals surface area contributed by atoms with Gasteiger partial charge in [-0.15, -0.1) is 0 Å². The summed E-state index contributed by atoms with van der Waals surface area (Å²) < 4.78 is 0. The summed E-state index contributed by atoms with van der Waals surface area (Å²) in [5.41, 5.74) is 1.59. The van der Waals surface area contributed by atoms with E-state index in [1.165, 1.54) is 0 Å². The lowest BCUT2D eigenvalue weighted by Gasteiger charge is -2.26. The summed E-state index contributed by atoms with van der Waals surface area (Å²) in [4.78, 5) is 20.6. The first-order valence-corrected chi connectivity index (χ1v) is 7.36. The molecule has 1 aromatic heterocycles. The fourth-order valence-electron chi connectivity index (χ4n) is 2.61. The molecule has 1 aliphatic rings. The second-order valence-corrected chi connectivity index (χ2v) is 5.13. The largest absolute Gasteiger partial charge is 0.370 e. The van der Waals surface area contributed by atoms with E-state index in [0.29, 0.717) is 24.8 Å². The molecule has 0 aromatic carbocycles. The Morgan fingerprint density at radius 3 is 2.80 bits per heavy atom. The van der Waals surface area contributed by atoms with Gasteiger partial charge in [-0.25, -0.2) is 0 Å². The van der Waals surface area contributed by atoms with Crippen LogP contribution < -0.4 is 10.2 Å². The summed E-state index contributed by atoms with van der Waals surface area (Å²) in [5, 5.41) is 3.36. The molecule has 1 amide bonds. The summed E-state index contributed by atoms with van der Waals surface area (Å²) in [5.74, 6) is 0.00907. The summed E-state index contributed by atoms with van der Waals surface area (Å²) in [6, 6.07) is 4.37. The maximum Gasteiger partial charge on any atom is 0.272 e. The van der Waals surface area contributed by atoms with Gasteiger partial charge in [0.2, 0.25) is 0 Å². The molecule has 2 heterocycles. The molecule has 0 aliphatic carbocycles. The molecule has 5 heteroatoms. The van der Waals surface area contributed by atoms with E-state index in [2.05, 4.69) is 22.2 Å². The van der Waals surface area contributed by atoms with Crippen molar-refractivity contribution in [3.05, 3.63) is 24.0 Å². The molecule has 110 valence electrons. The number of pyridine rings is 1. The minimum Gasteiger partial charge on any atom is -0.370 e. The Morgan fingerprint density at radius 2 is 2.20 bits per heavy atom. The van der Waals surface area contributed by atoms with Gasteiger partial charge in [0.15, 0.2) is 0 Å². The third kappa shape index (κ3) is 3.10. The molecule has 0 spiro atoms. The van der Waals surface area contributed by atoms with E-state index < -0.39 is 0 Å². The smallest absolute Gasteiger partial charge is 0.272 e. The van der Waals surface area contributed by atoms with Crippen LogP contribution in [0, 0.1) is 0 Å². The van der Waals surface area contributed by atoms with Gasteiger partial charge in [0, 0.05) is 44.6 Å². The molecule has 0 radical (unpaired) electrons. The zero-order chi connectivity index (χ0) is 14.5. The molecule has 1 unspecified atom stereocenters. The molecule has 0 saturated carbocycles. The SMILES string of the molecule is CCN(CC)C(=O)c1cc(N(C)C2CCNC2)ccn1. The molecule has 1 fully saturated rings. The van der Waals surface area contributed by atoms with Gasteiger partial charge >= 0.3 is 0 Å². The number of nitrogens with zero attached hydrogens (tertiary/aromatic N) is 3. The Bertz CT molecular complexity index is 453. The van der Waals surface area contributed by atoms with Crippen LogP contribution in [-0.2, 0) is 0 Å². The Balaban J connectivity index is 2.16. The number of hydrogen-bond donors (Lipinski definition) is 1. The van der Waals surface area contributed by atoms with Gasteiger partial charge in [-0.2, -0.15) is 0 Å². The number of carbonyl (C=O) groups excluding carboxylic acids is 1. The molecular weight excluding hydrogens is 252 g/mol. The first-order valence-electron chi connectivity index (χ1n) is 7.36. The van der Waals surface area contributed by atoms with Crippen LogP contribution in [0.15, 0.2) is 18.3 Å². The van der Waals surface area contributed by atoms with E-state index in [1.807, 2.05) is 26.0 Å². The fraction of sp³-hybridized carbons (Fsp3) is 0.600. The van der Waals surface area contributed by atoms with E-state index in [0.717, 1.165) is 25.2 Å². The molecule has 1 N–H and O–H groups in total. The molecule has 1 aliphatic heterocycles. The summed E-state index contributed by atoms with van der Waals surface area (Å²) >= 11 is 0.